The zero-order chi connectivity index (χ0) is 20.4. The van der Waals surface area contributed by atoms with Crippen LogP contribution in [-0.4, -0.2) is 36.3 Å². The van der Waals surface area contributed by atoms with Gasteiger partial charge in [0.2, 0.25) is 0 Å². The van der Waals surface area contributed by atoms with E-state index in [1.165, 1.54) is 23.4 Å². The van der Waals surface area contributed by atoms with Crippen molar-refractivity contribution < 1.29 is 9.59 Å². The molecule has 0 bridgehead atoms. The van der Waals surface area contributed by atoms with Gasteiger partial charge in [0.25, 0.3) is 11.8 Å². The second kappa shape index (κ2) is 8.29. The van der Waals surface area contributed by atoms with Crippen molar-refractivity contribution in [2.75, 3.05) is 29.9 Å². The van der Waals surface area contributed by atoms with Crippen LogP contribution in [-0.2, 0) is 9.59 Å². The standard InChI is InChI=1S/C23H24ClN3O2/c1-2-13-27-22(28)20(16-5-7-17(24)8-6-16)21(23(27)29)25-18-9-11-19(12-10-18)26-14-3-4-15-26/h5-12,25H,2-4,13-15H2,1H3. The molecule has 0 aromatic heterocycles. The van der Waals surface area contributed by atoms with Crippen LogP contribution in [0.1, 0.15) is 31.7 Å². The van der Waals surface area contributed by atoms with Gasteiger partial charge in [0.05, 0.1) is 5.57 Å². The molecule has 6 heteroatoms. The van der Waals surface area contributed by atoms with Gasteiger partial charge in [-0.3, -0.25) is 14.5 Å². The summed E-state index contributed by atoms with van der Waals surface area (Å²) in [6, 6.07) is 15.0. The lowest BCUT2D eigenvalue weighted by molar-refractivity contribution is -0.136. The van der Waals surface area contributed by atoms with Gasteiger partial charge in [0, 0.05) is 36.0 Å². The van der Waals surface area contributed by atoms with Gasteiger partial charge in [-0.05, 0) is 61.2 Å². The Balaban J connectivity index is 1.66. The molecule has 0 radical (unpaired) electrons. The first kappa shape index (κ1) is 19.5. The first-order valence-corrected chi connectivity index (χ1v) is 10.4. The average Bonchev–Trinajstić information content (AvgIpc) is 3.34. The van der Waals surface area contributed by atoms with E-state index in [0.29, 0.717) is 34.8 Å². The molecule has 0 aliphatic carbocycles. The number of anilines is 2. The lowest BCUT2D eigenvalue weighted by Gasteiger charge is -2.18. The molecular weight excluding hydrogens is 386 g/mol. The number of nitrogens with one attached hydrogen (secondary N) is 1. The molecule has 150 valence electrons. The number of hydrogen-bond acceptors (Lipinski definition) is 4. The number of nitrogens with zero attached hydrogens (tertiary/aromatic N) is 2. The van der Waals surface area contributed by atoms with Crippen molar-refractivity contribution in [3.63, 3.8) is 0 Å². The maximum absolute atomic E-state index is 13.0. The third-order valence-corrected chi connectivity index (χ3v) is 5.61. The molecule has 1 saturated heterocycles. The van der Waals surface area contributed by atoms with E-state index < -0.39 is 0 Å². The highest BCUT2D eigenvalue weighted by molar-refractivity contribution is 6.36. The summed E-state index contributed by atoms with van der Waals surface area (Å²) in [5.41, 5.74) is 3.36. The zero-order valence-electron chi connectivity index (χ0n) is 16.5. The second-order valence-corrected chi connectivity index (χ2v) is 7.82. The first-order valence-electron chi connectivity index (χ1n) is 10.1. The number of hydrogen-bond donors (Lipinski definition) is 1. The zero-order valence-corrected chi connectivity index (χ0v) is 17.2. The third kappa shape index (κ3) is 3.87. The Morgan fingerprint density at radius 1 is 0.931 bits per heavy atom. The normalized spacial score (nSPS) is 16.9. The molecule has 2 aliphatic rings. The van der Waals surface area contributed by atoms with Gasteiger partial charge in [-0.1, -0.05) is 30.7 Å². The van der Waals surface area contributed by atoms with Crippen LogP contribution in [0.15, 0.2) is 54.2 Å². The van der Waals surface area contributed by atoms with Gasteiger partial charge in [-0.25, -0.2) is 0 Å². The van der Waals surface area contributed by atoms with E-state index in [-0.39, 0.29) is 11.8 Å². The summed E-state index contributed by atoms with van der Waals surface area (Å²) >= 11 is 6.00. The van der Waals surface area contributed by atoms with Gasteiger partial charge in [0.15, 0.2) is 0 Å². The van der Waals surface area contributed by atoms with Crippen LogP contribution >= 0.6 is 11.6 Å². The number of carbonyl (C=O) groups is 2. The summed E-state index contributed by atoms with van der Waals surface area (Å²) < 4.78 is 0. The molecule has 0 unspecified atom stereocenters. The summed E-state index contributed by atoms with van der Waals surface area (Å²) in [4.78, 5) is 29.6. The first-order chi connectivity index (χ1) is 14.1. The SMILES string of the molecule is CCCN1C(=O)C(Nc2ccc(N3CCCC3)cc2)=C(c2ccc(Cl)cc2)C1=O. The lowest BCUT2D eigenvalue weighted by atomic mass is 10.0. The summed E-state index contributed by atoms with van der Waals surface area (Å²) in [6.45, 7) is 4.51. The Labute approximate surface area is 175 Å². The Kier molecular flexibility index (Phi) is 5.58. The highest BCUT2D eigenvalue weighted by Gasteiger charge is 2.38. The number of rotatable bonds is 6. The van der Waals surface area contributed by atoms with Crippen LogP contribution in [0.5, 0.6) is 0 Å². The minimum atomic E-state index is -0.287. The number of halogens is 1. The summed E-state index contributed by atoms with van der Waals surface area (Å²) in [5, 5.41) is 3.79. The predicted octanol–water partition coefficient (Wildman–Crippen LogP) is 4.54. The monoisotopic (exact) mass is 409 g/mol. The van der Waals surface area contributed by atoms with Crippen molar-refractivity contribution in [2.45, 2.75) is 26.2 Å². The molecule has 1 N–H and O–H groups in total. The number of benzene rings is 2. The minimum absolute atomic E-state index is 0.268. The molecule has 0 saturated carbocycles. The molecular formula is C23H24ClN3O2. The van der Waals surface area contributed by atoms with Crippen LogP contribution < -0.4 is 10.2 Å². The number of amides is 2. The van der Waals surface area contributed by atoms with E-state index in [0.717, 1.165) is 18.8 Å². The van der Waals surface area contributed by atoms with Crippen molar-refractivity contribution in [3.8, 4) is 0 Å². The molecule has 2 amide bonds. The summed E-state index contributed by atoms with van der Waals surface area (Å²) in [7, 11) is 0. The topological polar surface area (TPSA) is 52.7 Å². The minimum Gasteiger partial charge on any atom is -0.372 e. The highest BCUT2D eigenvalue weighted by atomic mass is 35.5. The quantitative estimate of drug-likeness (QED) is 0.711. The van der Waals surface area contributed by atoms with E-state index in [9.17, 15) is 9.59 Å². The molecule has 0 spiro atoms. The van der Waals surface area contributed by atoms with E-state index >= 15 is 0 Å². The average molecular weight is 410 g/mol. The molecule has 2 aromatic carbocycles. The van der Waals surface area contributed by atoms with Crippen molar-refractivity contribution >= 4 is 40.4 Å². The molecule has 0 atom stereocenters. The fourth-order valence-corrected chi connectivity index (χ4v) is 4.00. The van der Waals surface area contributed by atoms with Crippen LogP contribution in [0, 0.1) is 0 Å². The van der Waals surface area contributed by atoms with Crippen molar-refractivity contribution in [1.82, 2.24) is 4.90 Å². The van der Waals surface area contributed by atoms with Crippen LogP contribution in [0.25, 0.3) is 5.57 Å². The Bertz CT molecular complexity index is 945. The predicted molar refractivity (Wildman–Crippen MR) is 117 cm³/mol. The molecule has 2 heterocycles. The van der Waals surface area contributed by atoms with Crippen molar-refractivity contribution in [1.29, 1.82) is 0 Å². The van der Waals surface area contributed by atoms with E-state index in [4.69, 9.17) is 11.6 Å². The second-order valence-electron chi connectivity index (χ2n) is 7.38. The van der Waals surface area contributed by atoms with Crippen LogP contribution in [0.3, 0.4) is 0 Å². The molecule has 1 fully saturated rings. The fourth-order valence-electron chi connectivity index (χ4n) is 3.88. The summed E-state index contributed by atoms with van der Waals surface area (Å²) in [5.74, 6) is -0.555. The molecule has 2 aliphatic heterocycles. The van der Waals surface area contributed by atoms with Gasteiger partial charge in [-0.15, -0.1) is 0 Å². The number of carbonyl (C=O) groups excluding carboxylic acids is 2. The van der Waals surface area contributed by atoms with Gasteiger partial charge in [0.1, 0.15) is 5.70 Å². The fraction of sp³-hybridized carbons (Fsp3) is 0.304. The van der Waals surface area contributed by atoms with Gasteiger partial charge >= 0.3 is 0 Å². The third-order valence-electron chi connectivity index (χ3n) is 5.36. The maximum atomic E-state index is 13.0. The lowest BCUT2D eigenvalue weighted by Crippen LogP contribution is -2.33. The molecule has 2 aromatic rings. The largest absolute Gasteiger partial charge is 0.372 e. The maximum Gasteiger partial charge on any atom is 0.278 e. The van der Waals surface area contributed by atoms with E-state index in [2.05, 4.69) is 22.3 Å². The van der Waals surface area contributed by atoms with Crippen LogP contribution in [0.4, 0.5) is 11.4 Å². The highest BCUT2D eigenvalue weighted by Crippen LogP contribution is 2.32. The number of imide groups is 1. The van der Waals surface area contributed by atoms with Crippen LogP contribution in [0.2, 0.25) is 5.02 Å². The molecule has 4 rings (SSSR count). The van der Waals surface area contributed by atoms with Gasteiger partial charge < -0.3 is 10.2 Å². The van der Waals surface area contributed by atoms with E-state index in [1.807, 2.05) is 19.1 Å². The van der Waals surface area contributed by atoms with E-state index in [1.54, 1.807) is 24.3 Å². The Morgan fingerprint density at radius 2 is 1.59 bits per heavy atom. The molecule has 5 nitrogen and oxygen atoms in total. The smallest absolute Gasteiger partial charge is 0.278 e. The summed E-state index contributed by atoms with van der Waals surface area (Å²) in [6.07, 6.45) is 3.16. The Morgan fingerprint density at radius 3 is 2.21 bits per heavy atom. The van der Waals surface area contributed by atoms with Gasteiger partial charge in [-0.2, -0.15) is 0 Å². The Hall–Kier alpha value is -2.79. The van der Waals surface area contributed by atoms with Crippen molar-refractivity contribution in [3.05, 3.63) is 64.8 Å². The van der Waals surface area contributed by atoms with Crippen molar-refractivity contribution in [2.24, 2.45) is 0 Å². The molecule has 29 heavy (non-hydrogen) atoms.